The van der Waals surface area contributed by atoms with Gasteiger partial charge in [-0.05, 0) is 54.9 Å². The van der Waals surface area contributed by atoms with Gasteiger partial charge in [0.1, 0.15) is 0 Å². The van der Waals surface area contributed by atoms with E-state index in [0.29, 0.717) is 28.6 Å². The average molecular weight is 394 g/mol. The molecule has 0 radical (unpaired) electrons. The van der Waals surface area contributed by atoms with Crippen molar-refractivity contribution in [2.45, 2.75) is 31.7 Å². The zero-order valence-electron chi connectivity index (χ0n) is 14.4. The molecule has 1 aliphatic carbocycles. The highest BCUT2D eigenvalue weighted by molar-refractivity contribution is 7.12. The Morgan fingerprint density at radius 2 is 1.92 bits per heavy atom. The number of halogens is 1. The van der Waals surface area contributed by atoms with E-state index in [1.54, 1.807) is 30.3 Å². The lowest BCUT2D eigenvalue weighted by Gasteiger charge is -2.31. The van der Waals surface area contributed by atoms with Gasteiger partial charge in [0.25, 0.3) is 11.8 Å². The Morgan fingerprint density at radius 1 is 1.12 bits per heavy atom. The highest BCUT2D eigenvalue weighted by atomic mass is 35.5. The summed E-state index contributed by atoms with van der Waals surface area (Å²) in [5, 5.41) is 7.81. The van der Waals surface area contributed by atoms with Gasteiger partial charge in [-0.1, -0.05) is 25.0 Å². The standard InChI is InChI=1S/C19H23N3O2S.ClH/c20-12-14-5-1-2-8-16(14)22-18(23)13-6-3-7-15(11-13)21-19(24)17-9-4-10-25-17;/h3-4,6-7,9-11,14,16H,1-2,5,8,12,20H2,(H,21,24)(H,22,23);1H. The fourth-order valence-corrected chi connectivity index (χ4v) is 3.89. The minimum Gasteiger partial charge on any atom is -0.349 e. The van der Waals surface area contributed by atoms with Gasteiger partial charge in [0.2, 0.25) is 0 Å². The Labute approximate surface area is 163 Å². The number of rotatable bonds is 5. The fraction of sp³-hybridized carbons (Fsp3) is 0.368. The van der Waals surface area contributed by atoms with Gasteiger partial charge in [-0.15, -0.1) is 23.7 Å². The van der Waals surface area contributed by atoms with Crippen LogP contribution >= 0.6 is 23.7 Å². The summed E-state index contributed by atoms with van der Waals surface area (Å²) >= 11 is 1.38. The van der Waals surface area contributed by atoms with Gasteiger partial charge in [0.05, 0.1) is 4.88 Å². The van der Waals surface area contributed by atoms with Crippen molar-refractivity contribution in [3.8, 4) is 0 Å². The van der Waals surface area contributed by atoms with E-state index in [0.717, 1.165) is 19.3 Å². The van der Waals surface area contributed by atoms with Crippen molar-refractivity contribution in [1.82, 2.24) is 5.32 Å². The third-order valence-electron chi connectivity index (χ3n) is 4.66. The predicted octanol–water partition coefficient (Wildman–Crippen LogP) is 3.67. The van der Waals surface area contributed by atoms with Gasteiger partial charge < -0.3 is 16.4 Å². The minimum absolute atomic E-state index is 0. The minimum atomic E-state index is -0.164. The topological polar surface area (TPSA) is 84.2 Å². The van der Waals surface area contributed by atoms with Gasteiger partial charge in [-0.25, -0.2) is 0 Å². The van der Waals surface area contributed by atoms with Crippen molar-refractivity contribution in [3.63, 3.8) is 0 Å². The van der Waals surface area contributed by atoms with Crippen LogP contribution in [0.4, 0.5) is 5.69 Å². The van der Waals surface area contributed by atoms with Crippen molar-refractivity contribution in [2.24, 2.45) is 11.7 Å². The Hall–Kier alpha value is -1.89. The lowest BCUT2D eigenvalue weighted by Crippen LogP contribution is -2.44. The van der Waals surface area contributed by atoms with E-state index >= 15 is 0 Å². The molecule has 2 aromatic rings. The molecule has 7 heteroatoms. The molecule has 1 heterocycles. The largest absolute Gasteiger partial charge is 0.349 e. The molecule has 1 fully saturated rings. The van der Waals surface area contributed by atoms with E-state index in [4.69, 9.17) is 5.73 Å². The molecule has 5 nitrogen and oxygen atoms in total. The number of thiophene rings is 1. The molecule has 0 spiro atoms. The average Bonchev–Trinajstić information content (AvgIpc) is 3.17. The summed E-state index contributed by atoms with van der Waals surface area (Å²) in [6, 6.07) is 10.8. The molecular formula is C19H24ClN3O2S. The molecule has 1 saturated carbocycles. The van der Waals surface area contributed by atoms with Crippen molar-refractivity contribution in [1.29, 1.82) is 0 Å². The fourth-order valence-electron chi connectivity index (χ4n) is 3.27. The molecule has 2 unspecified atom stereocenters. The van der Waals surface area contributed by atoms with E-state index < -0.39 is 0 Å². The molecule has 2 atom stereocenters. The molecule has 0 bridgehead atoms. The predicted molar refractivity (Wildman–Crippen MR) is 108 cm³/mol. The molecule has 3 rings (SSSR count). The third kappa shape index (κ3) is 5.06. The van der Waals surface area contributed by atoms with Crippen molar-refractivity contribution in [3.05, 3.63) is 52.2 Å². The van der Waals surface area contributed by atoms with Crippen molar-refractivity contribution >= 4 is 41.2 Å². The summed E-state index contributed by atoms with van der Waals surface area (Å²) in [5.41, 5.74) is 7.00. The van der Waals surface area contributed by atoms with Crippen LogP contribution in [-0.2, 0) is 0 Å². The van der Waals surface area contributed by atoms with Crippen LogP contribution in [-0.4, -0.2) is 24.4 Å². The van der Waals surface area contributed by atoms with Crippen LogP contribution in [0, 0.1) is 5.92 Å². The zero-order chi connectivity index (χ0) is 17.6. The Balaban J connectivity index is 0.00000243. The van der Waals surface area contributed by atoms with Crippen LogP contribution in [0.25, 0.3) is 0 Å². The van der Waals surface area contributed by atoms with Gasteiger partial charge in [-0.3, -0.25) is 9.59 Å². The molecule has 2 amide bonds. The first-order valence-corrected chi connectivity index (χ1v) is 9.51. The monoisotopic (exact) mass is 393 g/mol. The molecule has 1 aromatic carbocycles. The van der Waals surface area contributed by atoms with Crippen LogP contribution in [0.15, 0.2) is 41.8 Å². The Bertz CT molecular complexity index is 736. The van der Waals surface area contributed by atoms with E-state index in [2.05, 4.69) is 10.6 Å². The van der Waals surface area contributed by atoms with Crippen LogP contribution in [0.3, 0.4) is 0 Å². The van der Waals surface area contributed by atoms with Gasteiger partial charge in [-0.2, -0.15) is 0 Å². The second-order valence-corrected chi connectivity index (χ2v) is 7.32. The first kappa shape index (κ1) is 20.4. The highest BCUT2D eigenvalue weighted by Gasteiger charge is 2.25. The number of carbonyl (C=O) groups excluding carboxylic acids is 2. The lowest BCUT2D eigenvalue weighted by atomic mass is 9.84. The summed E-state index contributed by atoms with van der Waals surface area (Å²) < 4.78 is 0. The normalized spacial score (nSPS) is 19.3. The van der Waals surface area contributed by atoms with E-state index in [1.165, 1.54) is 17.8 Å². The molecule has 26 heavy (non-hydrogen) atoms. The number of benzene rings is 1. The first-order valence-electron chi connectivity index (χ1n) is 8.63. The van der Waals surface area contributed by atoms with Crippen molar-refractivity contribution in [2.75, 3.05) is 11.9 Å². The van der Waals surface area contributed by atoms with Gasteiger partial charge in [0, 0.05) is 17.3 Å². The Kier molecular flexibility index (Phi) is 7.63. The second-order valence-electron chi connectivity index (χ2n) is 6.37. The third-order valence-corrected chi connectivity index (χ3v) is 5.52. The van der Waals surface area contributed by atoms with Crippen LogP contribution in [0.5, 0.6) is 0 Å². The highest BCUT2D eigenvalue weighted by Crippen LogP contribution is 2.24. The number of nitrogens with two attached hydrogens (primary N) is 1. The molecular weight excluding hydrogens is 370 g/mol. The van der Waals surface area contributed by atoms with Crippen LogP contribution in [0.2, 0.25) is 0 Å². The van der Waals surface area contributed by atoms with Crippen LogP contribution in [0.1, 0.15) is 45.7 Å². The molecule has 140 valence electrons. The summed E-state index contributed by atoms with van der Waals surface area (Å²) in [6.45, 7) is 0.599. The van der Waals surface area contributed by atoms with Crippen LogP contribution < -0.4 is 16.4 Å². The molecule has 4 N–H and O–H groups in total. The van der Waals surface area contributed by atoms with Crippen molar-refractivity contribution < 1.29 is 9.59 Å². The maximum Gasteiger partial charge on any atom is 0.265 e. The summed E-state index contributed by atoms with van der Waals surface area (Å²) in [4.78, 5) is 25.4. The maximum absolute atomic E-state index is 12.6. The molecule has 1 aliphatic rings. The number of amides is 2. The quantitative estimate of drug-likeness (QED) is 0.724. The maximum atomic E-state index is 12.6. The smallest absolute Gasteiger partial charge is 0.265 e. The van der Waals surface area contributed by atoms with Gasteiger partial charge in [0.15, 0.2) is 0 Å². The number of anilines is 1. The summed E-state index contributed by atoms with van der Waals surface area (Å²) in [5.74, 6) is 0.0695. The number of hydrogen-bond donors (Lipinski definition) is 3. The van der Waals surface area contributed by atoms with E-state index in [9.17, 15) is 9.59 Å². The number of carbonyl (C=O) groups is 2. The first-order chi connectivity index (χ1) is 12.2. The zero-order valence-corrected chi connectivity index (χ0v) is 16.1. The summed E-state index contributed by atoms with van der Waals surface area (Å²) in [6.07, 6.45) is 4.34. The van der Waals surface area contributed by atoms with E-state index in [-0.39, 0.29) is 30.3 Å². The summed E-state index contributed by atoms with van der Waals surface area (Å²) in [7, 11) is 0. The van der Waals surface area contributed by atoms with Gasteiger partial charge >= 0.3 is 0 Å². The lowest BCUT2D eigenvalue weighted by molar-refractivity contribution is 0.0907. The molecule has 1 aromatic heterocycles. The molecule has 0 aliphatic heterocycles. The second kappa shape index (κ2) is 9.71. The SMILES string of the molecule is Cl.NCC1CCCCC1NC(=O)c1cccc(NC(=O)c2cccs2)c1. The van der Waals surface area contributed by atoms with E-state index in [1.807, 2.05) is 11.4 Å². The number of nitrogens with one attached hydrogen (secondary N) is 2. The Morgan fingerprint density at radius 3 is 2.65 bits per heavy atom. The number of hydrogen-bond acceptors (Lipinski definition) is 4. The molecule has 0 saturated heterocycles.